The molecule has 1 fully saturated rings. The lowest BCUT2D eigenvalue weighted by Gasteiger charge is -2.33. The molecule has 2 aromatic rings. The fourth-order valence-electron chi connectivity index (χ4n) is 2.60. The Labute approximate surface area is 130 Å². The van der Waals surface area contributed by atoms with Gasteiger partial charge in [0.2, 0.25) is 10.1 Å². The van der Waals surface area contributed by atoms with E-state index in [1.807, 2.05) is 6.20 Å². The van der Waals surface area contributed by atoms with Crippen LogP contribution in [-0.4, -0.2) is 33.9 Å². The van der Waals surface area contributed by atoms with Crippen molar-refractivity contribution in [1.82, 2.24) is 14.6 Å². The number of aromatic nitrogens is 3. The number of fused-ring (bicyclic) bond motifs is 1. The first kappa shape index (κ1) is 15.6. The van der Waals surface area contributed by atoms with Crippen molar-refractivity contribution in [2.24, 2.45) is 5.92 Å². The van der Waals surface area contributed by atoms with Crippen molar-refractivity contribution in [3.05, 3.63) is 11.9 Å². The van der Waals surface area contributed by atoms with E-state index in [0.29, 0.717) is 18.1 Å². The molecule has 1 aliphatic rings. The summed E-state index contributed by atoms with van der Waals surface area (Å²) < 4.78 is 40.4. The molecule has 3 rings (SSSR count). The monoisotopic (exact) mass is 332 g/mol. The number of rotatable bonds is 1. The standard InChI is InChI=1S/C14H19F3N4S/c1-13(2,3)10-8-21-11(18-10)22-12(19-21)20-6-4-5-9(7-20)14(15,16)17/h8-9H,4-7H2,1-3H3/t9-/m1/s1. The third-order valence-electron chi connectivity index (χ3n) is 3.96. The average molecular weight is 332 g/mol. The van der Waals surface area contributed by atoms with Crippen LogP contribution in [0.5, 0.6) is 0 Å². The van der Waals surface area contributed by atoms with Crippen LogP contribution >= 0.6 is 11.3 Å². The van der Waals surface area contributed by atoms with Gasteiger partial charge < -0.3 is 4.90 Å². The van der Waals surface area contributed by atoms with Gasteiger partial charge in [-0.25, -0.2) is 9.50 Å². The average Bonchev–Trinajstić information content (AvgIpc) is 2.95. The van der Waals surface area contributed by atoms with Crippen molar-refractivity contribution in [3.8, 4) is 0 Å². The maximum atomic E-state index is 12.9. The Morgan fingerprint density at radius 2 is 2.00 bits per heavy atom. The first-order valence-electron chi connectivity index (χ1n) is 7.33. The van der Waals surface area contributed by atoms with Gasteiger partial charge >= 0.3 is 6.18 Å². The van der Waals surface area contributed by atoms with Crippen LogP contribution in [0.1, 0.15) is 39.3 Å². The minimum Gasteiger partial charge on any atom is -0.346 e. The summed E-state index contributed by atoms with van der Waals surface area (Å²) >= 11 is 1.35. The van der Waals surface area contributed by atoms with E-state index in [9.17, 15) is 13.2 Å². The summed E-state index contributed by atoms with van der Waals surface area (Å²) in [5.41, 5.74) is 0.865. The molecule has 0 radical (unpaired) electrons. The number of anilines is 1. The molecule has 4 nitrogen and oxygen atoms in total. The quantitative estimate of drug-likeness (QED) is 0.795. The number of halogens is 3. The molecule has 0 spiro atoms. The lowest BCUT2D eigenvalue weighted by molar-refractivity contribution is -0.175. The highest BCUT2D eigenvalue weighted by molar-refractivity contribution is 7.20. The van der Waals surface area contributed by atoms with Crippen LogP contribution in [-0.2, 0) is 5.41 Å². The molecule has 0 unspecified atom stereocenters. The number of hydrogen-bond donors (Lipinski definition) is 0. The Morgan fingerprint density at radius 1 is 1.27 bits per heavy atom. The van der Waals surface area contributed by atoms with Gasteiger partial charge in [-0.3, -0.25) is 0 Å². The van der Waals surface area contributed by atoms with E-state index in [2.05, 4.69) is 30.9 Å². The van der Waals surface area contributed by atoms with Crippen molar-refractivity contribution in [2.75, 3.05) is 18.0 Å². The molecule has 3 heterocycles. The lowest BCUT2D eigenvalue weighted by Crippen LogP contribution is -2.41. The predicted octanol–water partition coefficient (Wildman–Crippen LogP) is 3.87. The van der Waals surface area contributed by atoms with Gasteiger partial charge in [0.25, 0.3) is 0 Å². The summed E-state index contributed by atoms with van der Waals surface area (Å²) in [6, 6.07) is 0. The van der Waals surface area contributed by atoms with E-state index in [-0.39, 0.29) is 18.4 Å². The van der Waals surface area contributed by atoms with E-state index < -0.39 is 12.1 Å². The molecular weight excluding hydrogens is 313 g/mol. The number of alkyl halides is 3. The normalized spacial score (nSPS) is 20.8. The summed E-state index contributed by atoms with van der Waals surface area (Å²) in [5, 5.41) is 5.04. The maximum Gasteiger partial charge on any atom is 0.393 e. The molecule has 1 aliphatic heterocycles. The summed E-state index contributed by atoms with van der Waals surface area (Å²) in [7, 11) is 0. The Bertz CT molecular complexity index is 636. The Kier molecular flexibility index (Phi) is 3.62. The molecule has 0 aliphatic carbocycles. The van der Waals surface area contributed by atoms with Crippen LogP contribution in [0.25, 0.3) is 4.96 Å². The lowest BCUT2D eigenvalue weighted by atomic mass is 9.93. The molecule has 2 aromatic heterocycles. The zero-order valence-electron chi connectivity index (χ0n) is 12.8. The summed E-state index contributed by atoms with van der Waals surface area (Å²) in [4.78, 5) is 7.00. The highest BCUT2D eigenvalue weighted by Crippen LogP contribution is 2.36. The molecule has 0 aromatic carbocycles. The van der Waals surface area contributed by atoms with Crippen molar-refractivity contribution >= 4 is 21.4 Å². The number of nitrogens with zero attached hydrogens (tertiary/aromatic N) is 4. The largest absolute Gasteiger partial charge is 0.393 e. The number of hydrogen-bond acceptors (Lipinski definition) is 4. The molecule has 1 saturated heterocycles. The Hall–Kier alpha value is -1.31. The highest BCUT2D eigenvalue weighted by Gasteiger charge is 2.42. The zero-order chi connectivity index (χ0) is 16.1. The second-order valence-electron chi connectivity index (χ2n) is 6.81. The molecule has 0 amide bonds. The molecule has 0 saturated carbocycles. The summed E-state index contributed by atoms with van der Waals surface area (Å²) in [5.74, 6) is -1.26. The van der Waals surface area contributed by atoms with Crippen molar-refractivity contribution < 1.29 is 13.2 Å². The minimum atomic E-state index is -4.13. The van der Waals surface area contributed by atoms with Crippen LogP contribution in [0, 0.1) is 5.92 Å². The van der Waals surface area contributed by atoms with Crippen molar-refractivity contribution in [2.45, 2.75) is 45.2 Å². The van der Waals surface area contributed by atoms with Crippen LogP contribution in [0.2, 0.25) is 0 Å². The third kappa shape index (κ3) is 2.93. The zero-order valence-corrected chi connectivity index (χ0v) is 13.6. The molecule has 22 heavy (non-hydrogen) atoms. The fraction of sp³-hybridized carbons (Fsp3) is 0.714. The van der Waals surface area contributed by atoms with E-state index in [1.54, 1.807) is 9.42 Å². The van der Waals surface area contributed by atoms with E-state index in [0.717, 1.165) is 10.7 Å². The molecule has 1 atom stereocenters. The van der Waals surface area contributed by atoms with Gasteiger partial charge in [0.05, 0.1) is 17.8 Å². The Morgan fingerprint density at radius 3 is 2.59 bits per heavy atom. The van der Waals surface area contributed by atoms with Crippen LogP contribution in [0.15, 0.2) is 6.20 Å². The molecular formula is C14H19F3N4S. The molecule has 122 valence electrons. The minimum absolute atomic E-state index is 0.00764. The molecule has 8 heteroatoms. The van der Waals surface area contributed by atoms with E-state index >= 15 is 0 Å². The van der Waals surface area contributed by atoms with Gasteiger partial charge in [0.1, 0.15) is 0 Å². The number of imidazole rings is 1. The van der Waals surface area contributed by atoms with Gasteiger partial charge in [-0.15, -0.1) is 5.10 Å². The van der Waals surface area contributed by atoms with Crippen LogP contribution in [0.4, 0.5) is 18.3 Å². The topological polar surface area (TPSA) is 33.4 Å². The number of piperidine rings is 1. The predicted molar refractivity (Wildman–Crippen MR) is 80.6 cm³/mol. The van der Waals surface area contributed by atoms with Crippen LogP contribution in [0.3, 0.4) is 0 Å². The van der Waals surface area contributed by atoms with Gasteiger partial charge in [-0.2, -0.15) is 13.2 Å². The van der Waals surface area contributed by atoms with Gasteiger partial charge in [-0.1, -0.05) is 32.1 Å². The molecule has 0 bridgehead atoms. The van der Waals surface area contributed by atoms with Gasteiger partial charge in [0, 0.05) is 18.5 Å². The second-order valence-corrected chi connectivity index (χ2v) is 7.75. The van der Waals surface area contributed by atoms with E-state index in [1.165, 1.54) is 11.3 Å². The SMILES string of the molecule is CC(C)(C)c1cn2nc(N3CCC[C@@H](C(F)(F)F)C3)sc2n1. The van der Waals surface area contributed by atoms with Gasteiger partial charge in [-0.05, 0) is 12.8 Å². The third-order valence-corrected chi connectivity index (χ3v) is 4.94. The molecule has 0 N–H and O–H groups in total. The van der Waals surface area contributed by atoms with Crippen molar-refractivity contribution in [1.29, 1.82) is 0 Å². The smallest absolute Gasteiger partial charge is 0.346 e. The first-order valence-corrected chi connectivity index (χ1v) is 8.14. The fourth-order valence-corrected chi connectivity index (χ4v) is 3.51. The maximum absolute atomic E-state index is 12.9. The summed E-state index contributed by atoms with van der Waals surface area (Å²) in [6.45, 7) is 6.82. The van der Waals surface area contributed by atoms with Gasteiger partial charge in [0.15, 0.2) is 0 Å². The van der Waals surface area contributed by atoms with Crippen molar-refractivity contribution in [3.63, 3.8) is 0 Å². The Balaban J connectivity index is 1.83. The first-order chi connectivity index (χ1) is 10.1. The second kappa shape index (κ2) is 5.11. The highest BCUT2D eigenvalue weighted by atomic mass is 32.1. The van der Waals surface area contributed by atoms with E-state index in [4.69, 9.17) is 0 Å². The van der Waals surface area contributed by atoms with Crippen LogP contribution < -0.4 is 4.90 Å². The summed E-state index contributed by atoms with van der Waals surface area (Å²) in [6.07, 6.45) is -1.52.